The molecule has 2 aliphatic heterocycles. The lowest BCUT2D eigenvalue weighted by Gasteiger charge is -2.18. The monoisotopic (exact) mass is 477 g/mol. The minimum atomic E-state index is -3.20. The maximum Gasteiger partial charge on any atom is 0.252 e. The van der Waals surface area contributed by atoms with E-state index in [0.29, 0.717) is 22.3 Å². The number of anilines is 1. The summed E-state index contributed by atoms with van der Waals surface area (Å²) in [4.78, 5) is 21.0. The first-order valence-corrected chi connectivity index (χ1v) is 12.1. The van der Waals surface area contributed by atoms with Crippen molar-refractivity contribution in [1.82, 2.24) is 29.6 Å². The lowest BCUT2D eigenvalue weighted by molar-refractivity contribution is -0.138. The summed E-state index contributed by atoms with van der Waals surface area (Å²) in [5, 5.41) is 28.7. The summed E-state index contributed by atoms with van der Waals surface area (Å²) in [6.45, 7) is 0. The van der Waals surface area contributed by atoms with Crippen molar-refractivity contribution < 1.29 is 28.2 Å². The first kappa shape index (κ1) is 21.8. The number of carbonyl (C=O) groups is 1. The topological polar surface area (TPSA) is 187 Å². The summed E-state index contributed by atoms with van der Waals surface area (Å²) >= 11 is 0. The zero-order valence-corrected chi connectivity index (χ0v) is 18.4. The standard InChI is InChI=1S/C19H23N7O6S/c1-25-4-2-11(24-25)10-6-26(17-12(10)16(20)21-8-22-17)19-14(28)13(27)15(32-19)18(29)23-9-3-5-33(30,31)7-9/h2,4,6,8-9,13-15,19,27-28H,3,5,7H2,1H3,(H,23,29)(H2,20,21,22)/t9?,13-,14+,15-,19+/m0/s1. The van der Waals surface area contributed by atoms with Crippen molar-refractivity contribution in [1.29, 1.82) is 0 Å². The molecular formula is C19H23N7O6S. The van der Waals surface area contributed by atoms with E-state index in [4.69, 9.17) is 10.5 Å². The van der Waals surface area contributed by atoms with Gasteiger partial charge in [0.2, 0.25) is 0 Å². The highest BCUT2D eigenvalue weighted by molar-refractivity contribution is 7.91. The summed E-state index contributed by atoms with van der Waals surface area (Å²) in [5.74, 6) is -0.672. The molecule has 1 unspecified atom stereocenters. The number of aromatic nitrogens is 5. The second kappa shape index (κ2) is 7.76. The Morgan fingerprint density at radius 3 is 2.76 bits per heavy atom. The van der Waals surface area contributed by atoms with Crippen molar-refractivity contribution in [2.45, 2.75) is 37.0 Å². The zero-order chi connectivity index (χ0) is 23.5. The predicted molar refractivity (Wildman–Crippen MR) is 115 cm³/mol. The molecule has 5 atom stereocenters. The number of sulfone groups is 1. The molecule has 5 heterocycles. The summed E-state index contributed by atoms with van der Waals surface area (Å²) in [5.41, 5.74) is 7.62. The van der Waals surface area contributed by atoms with Crippen LogP contribution in [0.15, 0.2) is 24.8 Å². The van der Waals surface area contributed by atoms with Crippen molar-refractivity contribution in [2.24, 2.45) is 7.05 Å². The largest absolute Gasteiger partial charge is 0.387 e. The molecule has 1 amide bonds. The van der Waals surface area contributed by atoms with Crippen molar-refractivity contribution in [2.75, 3.05) is 17.2 Å². The molecule has 0 saturated carbocycles. The molecule has 2 fully saturated rings. The third-order valence-corrected chi connectivity index (χ3v) is 7.75. The third-order valence-electron chi connectivity index (χ3n) is 5.98. The van der Waals surface area contributed by atoms with Gasteiger partial charge in [-0.2, -0.15) is 5.10 Å². The van der Waals surface area contributed by atoms with Gasteiger partial charge in [0.25, 0.3) is 5.91 Å². The van der Waals surface area contributed by atoms with Gasteiger partial charge in [-0.1, -0.05) is 0 Å². The van der Waals surface area contributed by atoms with Crippen molar-refractivity contribution in [3.05, 3.63) is 24.8 Å². The fourth-order valence-corrected chi connectivity index (χ4v) is 6.03. The lowest BCUT2D eigenvalue weighted by Crippen LogP contribution is -2.47. The third kappa shape index (κ3) is 3.74. The summed E-state index contributed by atoms with van der Waals surface area (Å²) < 4.78 is 32.2. The van der Waals surface area contributed by atoms with Gasteiger partial charge in [0, 0.05) is 31.0 Å². The predicted octanol–water partition coefficient (Wildman–Crippen LogP) is -1.66. The highest BCUT2D eigenvalue weighted by atomic mass is 32.2. The second-order valence-electron chi connectivity index (χ2n) is 8.32. The molecule has 3 aromatic rings. The van der Waals surface area contributed by atoms with Gasteiger partial charge in [-0.05, 0) is 12.5 Å². The maximum atomic E-state index is 12.7. The molecule has 0 aliphatic carbocycles. The molecular weight excluding hydrogens is 454 g/mol. The molecule has 14 heteroatoms. The highest BCUT2D eigenvalue weighted by Gasteiger charge is 2.48. The van der Waals surface area contributed by atoms with E-state index in [1.807, 2.05) is 0 Å². The molecule has 13 nitrogen and oxygen atoms in total. The molecule has 176 valence electrons. The van der Waals surface area contributed by atoms with Crippen molar-refractivity contribution >= 4 is 32.6 Å². The van der Waals surface area contributed by atoms with E-state index in [-0.39, 0.29) is 23.7 Å². The summed E-state index contributed by atoms with van der Waals surface area (Å²) in [6, 6.07) is 1.21. The van der Waals surface area contributed by atoms with E-state index < -0.39 is 46.3 Å². The Hall–Kier alpha value is -3.07. The van der Waals surface area contributed by atoms with Gasteiger partial charge in [0.05, 0.1) is 22.6 Å². The molecule has 3 aromatic heterocycles. The van der Waals surface area contributed by atoms with E-state index in [9.17, 15) is 23.4 Å². The molecule has 5 N–H and O–H groups in total. The number of hydrogen-bond donors (Lipinski definition) is 4. The van der Waals surface area contributed by atoms with Gasteiger partial charge in [0.1, 0.15) is 30.0 Å². The van der Waals surface area contributed by atoms with Crippen LogP contribution in [0.5, 0.6) is 0 Å². The number of nitrogens with one attached hydrogen (secondary N) is 1. The fourth-order valence-electron chi connectivity index (χ4n) is 4.35. The van der Waals surface area contributed by atoms with Crippen LogP contribution in [-0.2, 0) is 26.4 Å². The van der Waals surface area contributed by atoms with Crippen LogP contribution in [0.3, 0.4) is 0 Å². The van der Waals surface area contributed by atoms with Crippen LogP contribution in [0.2, 0.25) is 0 Å². The Kier molecular flexibility index (Phi) is 5.12. The lowest BCUT2D eigenvalue weighted by atomic mass is 10.1. The smallest absolute Gasteiger partial charge is 0.252 e. The SMILES string of the molecule is Cn1ccc(-c2cn([C@@H]3O[C@H](C(=O)NC4CCS(=O)(=O)C4)[C@@H](O)[C@H]3O)c3ncnc(N)c23)n1. The number of aliphatic hydroxyl groups excluding tert-OH is 2. The first-order valence-electron chi connectivity index (χ1n) is 10.3. The maximum absolute atomic E-state index is 12.7. The molecule has 33 heavy (non-hydrogen) atoms. The van der Waals surface area contributed by atoms with Crippen molar-refractivity contribution in [3.8, 4) is 11.3 Å². The Labute approximate surface area is 188 Å². The number of aliphatic hydroxyl groups is 2. The van der Waals surface area contributed by atoms with Crippen LogP contribution in [0.1, 0.15) is 12.6 Å². The second-order valence-corrected chi connectivity index (χ2v) is 10.5. The van der Waals surface area contributed by atoms with E-state index in [1.165, 1.54) is 10.9 Å². The number of nitrogens with two attached hydrogens (primary N) is 1. The van der Waals surface area contributed by atoms with Crippen molar-refractivity contribution in [3.63, 3.8) is 0 Å². The van der Waals surface area contributed by atoms with E-state index >= 15 is 0 Å². The van der Waals surface area contributed by atoms with Crippen LogP contribution >= 0.6 is 0 Å². The Balaban J connectivity index is 1.47. The number of nitrogens with zero attached hydrogens (tertiary/aromatic N) is 5. The fraction of sp³-hybridized carbons (Fsp3) is 0.474. The quantitative estimate of drug-likeness (QED) is 0.338. The molecule has 2 aliphatic rings. The minimum absolute atomic E-state index is 0.00987. The first-order chi connectivity index (χ1) is 15.6. The number of fused-ring (bicyclic) bond motifs is 1. The number of nitrogen functional groups attached to an aromatic ring is 1. The normalized spacial score (nSPS) is 29.0. The van der Waals surface area contributed by atoms with Crippen LogP contribution in [0.25, 0.3) is 22.3 Å². The van der Waals surface area contributed by atoms with Gasteiger partial charge in [-0.25, -0.2) is 18.4 Å². The Morgan fingerprint density at radius 1 is 1.30 bits per heavy atom. The van der Waals surface area contributed by atoms with Gasteiger partial charge in [0.15, 0.2) is 22.2 Å². The van der Waals surface area contributed by atoms with E-state index in [0.717, 1.165) is 0 Å². The summed E-state index contributed by atoms with van der Waals surface area (Å²) in [7, 11) is -1.43. The molecule has 2 saturated heterocycles. The molecule has 0 aromatic carbocycles. The molecule has 0 spiro atoms. The number of amides is 1. The van der Waals surface area contributed by atoms with Crippen LogP contribution < -0.4 is 11.1 Å². The average Bonchev–Trinajstić information content (AvgIpc) is 3.50. The Bertz CT molecular complexity index is 1340. The van der Waals surface area contributed by atoms with Crippen LogP contribution in [0, 0.1) is 0 Å². The number of rotatable bonds is 4. The number of carbonyl (C=O) groups excluding carboxylic acids is 1. The van der Waals surface area contributed by atoms with Crippen LogP contribution in [0.4, 0.5) is 5.82 Å². The molecule has 5 rings (SSSR count). The number of aryl methyl sites for hydroxylation is 1. The Morgan fingerprint density at radius 2 is 2.09 bits per heavy atom. The van der Waals surface area contributed by atoms with Crippen LogP contribution in [-0.4, -0.2) is 84.7 Å². The molecule has 0 radical (unpaired) electrons. The number of hydrogen-bond acceptors (Lipinski definition) is 10. The van der Waals surface area contributed by atoms with E-state index in [1.54, 1.807) is 30.2 Å². The summed E-state index contributed by atoms with van der Waals surface area (Å²) in [6.07, 6.45) is -0.622. The van der Waals surface area contributed by atoms with Gasteiger partial charge in [-0.15, -0.1) is 0 Å². The highest BCUT2D eigenvalue weighted by Crippen LogP contribution is 2.38. The minimum Gasteiger partial charge on any atom is -0.387 e. The average molecular weight is 478 g/mol. The van der Waals surface area contributed by atoms with Gasteiger partial charge < -0.3 is 30.6 Å². The van der Waals surface area contributed by atoms with Gasteiger partial charge in [-0.3, -0.25) is 9.48 Å². The van der Waals surface area contributed by atoms with E-state index in [2.05, 4.69) is 20.4 Å². The molecule has 0 bridgehead atoms. The van der Waals surface area contributed by atoms with Gasteiger partial charge >= 0.3 is 0 Å². The number of ether oxygens (including phenoxy) is 1. The zero-order valence-electron chi connectivity index (χ0n) is 17.6.